The molecule has 1 saturated heterocycles. The molecule has 1 fully saturated rings. The van der Waals surface area contributed by atoms with Gasteiger partial charge in [-0.25, -0.2) is 0 Å². The molecule has 1 rings (SSSR count). The van der Waals surface area contributed by atoms with Gasteiger partial charge in [0.05, 0.1) is 0 Å². The minimum atomic E-state index is 0.0758. The predicted octanol–water partition coefficient (Wildman–Crippen LogP) is 1.54. The summed E-state index contributed by atoms with van der Waals surface area (Å²) in [6.45, 7) is 6.15. The Kier molecular flexibility index (Phi) is 2.90. The van der Waals surface area contributed by atoms with E-state index in [1.54, 1.807) is 0 Å². The lowest BCUT2D eigenvalue weighted by atomic mass is 9.83. The van der Waals surface area contributed by atoms with Crippen molar-refractivity contribution in [2.24, 2.45) is 11.7 Å². The number of rotatable bonds is 2. The van der Waals surface area contributed by atoms with Crippen molar-refractivity contribution in [2.45, 2.75) is 38.6 Å². The van der Waals surface area contributed by atoms with E-state index >= 15 is 0 Å². The smallest absolute Gasteiger partial charge is 0.0483 e. The fourth-order valence-electron chi connectivity index (χ4n) is 1.80. The number of nitrogens with two attached hydrogens (primary N) is 1. The first-order valence-electron chi connectivity index (χ1n) is 4.49. The van der Waals surface area contributed by atoms with Crippen molar-refractivity contribution >= 4 is 0 Å². The van der Waals surface area contributed by atoms with E-state index in [1.807, 2.05) is 0 Å². The van der Waals surface area contributed by atoms with Crippen LogP contribution in [0, 0.1) is 5.92 Å². The molecule has 1 heterocycles. The SMILES string of the molecule is CC(C)CC1(N)CCOCC1. The summed E-state index contributed by atoms with van der Waals surface area (Å²) in [6.07, 6.45) is 3.20. The summed E-state index contributed by atoms with van der Waals surface area (Å²) in [5.41, 5.74) is 6.26. The Morgan fingerprint density at radius 3 is 2.36 bits per heavy atom. The fraction of sp³-hybridized carbons (Fsp3) is 1.00. The van der Waals surface area contributed by atoms with Gasteiger partial charge in [-0.3, -0.25) is 0 Å². The predicted molar refractivity (Wildman–Crippen MR) is 46.4 cm³/mol. The van der Waals surface area contributed by atoms with Crippen molar-refractivity contribution in [3.05, 3.63) is 0 Å². The van der Waals surface area contributed by atoms with Crippen LogP contribution in [0.5, 0.6) is 0 Å². The molecule has 0 unspecified atom stereocenters. The van der Waals surface area contributed by atoms with Crippen LogP contribution in [-0.2, 0) is 4.74 Å². The summed E-state index contributed by atoms with van der Waals surface area (Å²) in [5.74, 6) is 0.707. The molecule has 1 aliphatic rings. The summed E-state index contributed by atoms with van der Waals surface area (Å²) >= 11 is 0. The maximum atomic E-state index is 6.18. The van der Waals surface area contributed by atoms with E-state index < -0.39 is 0 Å². The minimum Gasteiger partial charge on any atom is -0.381 e. The van der Waals surface area contributed by atoms with Crippen LogP contribution in [0.1, 0.15) is 33.1 Å². The second kappa shape index (κ2) is 3.55. The van der Waals surface area contributed by atoms with Gasteiger partial charge in [0, 0.05) is 18.8 Å². The molecule has 1 aliphatic heterocycles. The van der Waals surface area contributed by atoms with E-state index in [-0.39, 0.29) is 5.54 Å². The fourth-order valence-corrected chi connectivity index (χ4v) is 1.80. The normalized spacial score (nSPS) is 24.0. The van der Waals surface area contributed by atoms with Gasteiger partial charge < -0.3 is 10.5 Å². The van der Waals surface area contributed by atoms with Crippen molar-refractivity contribution < 1.29 is 4.74 Å². The lowest BCUT2D eigenvalue weighted by Gasteiger charge is -2.34. The first kappa shape index (κ1) is 9.01. The Hall–Kier alpha value is -0.0800. The van der Waals surface area contributed by atoms with Crippen molar-refractivity contribution in [3.8, 4) is 0 Å². The summed E-state index contributed by atoms with van der Waals surface area (Å²) in [6, 6.07) is 0. The van der Waals surface area contributed by atoms with Crippen LogP contribution in [0.3, 0.4) is 0 Å². The van der Waals surface area contributed by atoms with Crippen molar-refractivity contribution in [1.29, 1.82) is 0 Å². The summed E-state index contributed by atoms with van der Waals surface area (Å²) in [5, 5.41) is 0. The molecule has 0 bridgehead atoms. The van der Waals surface area contributed by atoms with Crippen LogP contribution in [-0.4, -0.2) is 18.8 Å². The van der Waals surface area contributed by atoms with Gasteiger partial charge in [0.1, 0.15) is 0 Å². The number of ether oxygens (including phenoxy) is 1. The maximum absolute atomic E-state index is 6.18. The molecular weight excluding hydrogens is 138 g/mol. The van der Waals surface area contributed by atoms with Gasteiger partial charge in [0.25, 0.3) is 0 Å². The topological polar surface area (TPSA) is 35.2 Å². The zero-order chi connectivity index (χ0) is 8.32. The molecule has 0 aliphatic carbocycles. The molecule has 0 spiro atoms. The Bertz CT molecular complexity index is 117. The molecule has 0 saturated carbocycles. The Balaban J connectivity index is 2.37. The van der Waals surface area contributed by atoms with Crippen LogP contribution >= 0.6 is 0 Å². The lowest BCUT2D eigenvalue weighted by Crippen LogP contribution is -2.45. The van der Waals surface area contributed by atoms with Crippen LogP contribution < -0.4 is 5.73 Å². The average molecular weight is 157 g/mol. The van der Waals surface area contributed by atoms with Gasteiger partial charge in [-0.1, -0.05) is 13.8 Å². The van der Waals surface area contributed by atoms with Gasteiger partial charge in [0.15, 0.2) is 0 Å². The minimum absolute atomic E-state index is 0.0758. The third-order valence-electron chi connectivity index (χ3n) is 2.30. The highest BCUT2D eigenvalue weighted by atomic mass is 16.5. The molecule has 2 heteroatoms. The third kappa shape index (κ3) is 2.80. The van der Waals surface area contributed by atoms with Gasteiger partial charge in [-0.05, 0) is 25.2 Å². The zero-order valence-corrected chi connectivity index (χ0v) is 7.60. The highest BCUT2D eigenvalue weighted by molar-refractivity contribution is 4.86. The molecule has 2 nitrogen and oxygen atoms in total. The quantitative estimate of drug-likeness (QED) is 0.660. The van der Waals surface area contributed by atoms with E-state index in [9.17, 15) is 0 Å². The van der Waals surface area contributed by atoms with Gasteiger partial charge >= 0.3 is 0 Å². The van der Waals surface area contributed by atoms with E-state index in [2.05, 4.69) is 13.8 Å². The molecule has 66 valence electrons. The monoisotopic (exact) mass is 157 g/mol. The summed E-state index contributed by atoms with van der Waals surface area (Å²) < 4.78 is 5.27. The second-order valence-electron chi connectivity index (χ2n) is 4.07. The zero-order valence-electron chi connectivity index (χ0n) is 7.60. The molecule has 0 aromatic carbocycles. The van der Waals surface area contributed by atoms with Gasteiger partial charge in [-0.15, -0.1) is 0 Å². The highest BCUT2D eigenvalue weighted by Crippen LogP contribution is 2.24. The molecule has 0 aromatic rings. The first-order valence-corrected chi connectivity index (χ1v) is 4.49. The standard InChI is InChI=1S/C9H19NO/c1-8(2)7-9(10)3-5-11-6-4-9/h8H,3-7,10H2,1-2H3. The summed E-state index contributed by atoms with van der Waals surface area (Å²) in [4.78, 5) is 0. The molecule has 2 N–H and O–H groups in total. The van der Waals surface area contributed by atoms with Crippen molar-refractivity contribution in [2.75, 3.05) is 13.2 Å². The Labute approximate surface area is 69.1 Å². The molecule has 0 aromatic heterocycles. The number of hydrogen-bond donors (Lipinski definition) is 1. The van der Waals surface area contributed by atoms with Gasteiger partial charge in [0.2, 0.25) is 0 Å². The third-order valence-corrected chi connectivity index (χ3v) is 2.30. The molecule has 0 radical (unpaired) electrons. The first-order chi connectivity index (χ1) is 5.12. The average Bonchev–Trinajstić information content (AvgIpc) is 1.85. The molecule has 0 atom stereocenters. The maximum Gasteiger partial charge on any atom is 0.0483 e. The van der Waals surface area contributed by atoms with Crippen molar-refractivity contribution in [1.82, 2.24) is 0 Å². The Morgan fingerprint density at radius 2 is 1.91 bits per heavy atom. The van der Waals surface area contributed by atoms with Crippen molar-refractivity contribution in [3.63, 3.8) is 0 Å². The molecular formula is C9H19NO. The van der Waals surface area contributed by atoms with E-state index in [0.29, 0.717) is 5.92 Å². The van der Waals surface area contributed by atoms with E-state index in [4.69, 9.17) is 10.5 Å². The van der Waals surface area contributed by atoms with Crippen LogP contribution in [0.15, 0.2) is 0 Å². The number of hydrogen-bond acceptors (Lipinski definition) is 2. The molecule has 11 heavy (non-hydrogen) atoms. The Morgan fingerprint density at radius 1 is 1.36 bits per heavy atom. The summed E-state index contributed by atoms with van der Waals surface area (Å²) in [7, 11) is 0. The highest BCUT2D eigenvalue weighted by Gasteiger charge is 2.28. The second-order valence-corrected chi connectivity index (χ2v) is 4.07. The lowest BCUT2D eigenvalue weighted by molar-refractivity contribution is 0.0459. The van der Waals surface area contributed by atoms with Crippen LogP contribution in [0.2, 0.25) is 0 Å². The van der Waals surface area contributed by atoms with Crippen LogP contribution in [0.4, 0.5) is 0 Å². The van der Waals surface area contributed by atoms with E-state index in [1.165, 1.54) is 0 Å². The van der Waals surface area contributed by atoms with Crippen LogP contribution in [0.25, 0.3) is 0 Å². The molecule has 0 amide bonds. The van der Waals surface area contributed by atoms with Gasteiger partial charge in [-0.2, -0.15) is 0 Å². The van der Waals surface area contributed by atoms with E-state index in [0.717, 1.165) is 32.5 Å². The largest absolute Gasteiger partial charge is 0.381 e.